The molecule has 0 radical (unpaired) electrons. The summed E-state index contributed by atoms with van der Waals surface area (Å²) in [5.41, 5.74) is 4.30. The van der Waals surface area contributed by atoms with Crippen molar-refractivity contribution in [1.29, 1.82) is 0 Å². The largest absolute Gasteiger partial charge is 0.441 e. The van der Waals surface area contributed by atoms with Gasteiger partial charge in [0.05, 0.1) is 0 Å². The summed E-state index contributed by atoms with van der Waals surface area (Å²) < 4.78 is 5.23. The second-order valence-electron chi connectivity index (χ2n) is 8.11. The van der Waals surface area contributed by atoms with Crippen molar-refractivity contribution in [2.75, 3.05) is 25.2 Å². The van der Waals surface area contributed by atoms with E-state index in [9.17, 15) is 9.59 Å². The highest BCUT2D eigenvalue weighted by Crippen LogP contribution is 2.30. The molecule has 11 nitrogen and oxygen atoms in total. The molecule has 0 bridgehead atoms. The van der Waals surface area contributed by atoms with Crippen molar-refractivity contribution in [3.05, 3.63) is 78.0 Å². The normalized spacial score (nSPS) is 10.5. The van der Waals surface area contributed by atoms with Gasteiger partial charge in [0.15, 0.2) is 6.73 Å². The molecular weight excluding hydrogens is 472 g/mol. The summed E-state index contributed by atoms with van der Waals surface area (Å²) in [5, 5.41) is 19.2. The first-order valence-corrected chi connectivity index (χ1v) is 11.9. The summed E-state index contributed by atoms with van der Waals surface area (Å²) in [5.74, 6) is 0.503. The third kappa shape index (κ3) is 6.26. The van der Waals surface area contributed by atoms with Gasteiger partial charge in [-0.15, -0.1) is 10.2 Å². The number of aromatic amines is 1. The molecule has 0 saturated carbocycles. The van der Waals surface area contributed by atoms with E-state index < -0.39 is 12.0 Å². The highest BCUT2D eigenvalue weighted by atomic mass is 16.5. The number of aromatic nitrogens is 5. The molecule has 2 heterocycles. The zero-order valence-corrected chi connectivity index (χ0v) is 20.6. The fourth-order valence-electron chi connectivity index (χ4n) is 3.89. The smallest absolute Gasteiger partial charge is 0.343 e. The number of urea groups is 1. The first-order valence-electron chi connectivity index (χ1n) is 11.9. The molecule has 3 N–H and O–H groups in total. The number of H-pyrrole nitrogens is 1. The van der Waals surface area contributed by atoms with Gasteiger partial charge in [0.2, 0.25) is 5.82 Å². The van der Waals surface area contributed by atoms with Crippen LogP contribution < -0.4 is 15.5 Å². The Balaban J connectivity index is 1.53. The van der Waals surface area contributed by atoms with Crippen molar-refractivity contribution in [2.24, 2.45) is 0 Å². The predicted octanol–water partition coefficient (Wildman–Crippen LogP) is 3.39. The Bertz CT molecular complexity index is 1330. The number of carbonyl (C=O) groups is 2. The topological polar surface area (TPSA) is 138 Å². The minimum Gasteiger partial charge on any atom is -0.441 e. The fourth-order valence-corrected chi connectivity index (χ4v) is 3.89. The first-order chi connectivity index (χ1) is 18.1. The monoisotopic (exact) mass is 500 g/mol. The number of rotatable bonds is 10. The number of carbonyl (C=O) groups excluding carboxylic acids is 2. The maximum atomic E-state index is 12.7. The van der Waals surface area contributed by atoms with Gasteiger partial charge in [-0.2, -0.15) is 5.21 Å². The van der Waals surface area contributed by atoms with Gasteiger partial charge >= 0.3 is 12.0 Å². The second-order valence-corrected chi connectivity index (χ2v) is 8.11. The Morgan fingerprint density at radius 3 is 2.51 bits per heavy atom. The minimum absolute atomic E-state index is 0.243. The molecule has 2 aromatic carbocycles. The molecule has 0 aliphatic carbocycles. The van der Waals surface area contributed by atoms with Gasteiger partial charge in [0.1, 0.15) is 11.4 Å². The van der Waals surface area contributed by atoms with Crippen molar-refractivity contribution >= 4 is 17.8 Å². The molecule has 4 rings (SSSR count). The number of benzene rings is 2. The Labute approximate surface area is 214 Å². The molecular formula is C26H28N8O3. The number of nitrogens with one attached hydrogen (secondary N) is 3. The van der Waals surface area contributed by atoms with Crippen molar-refractivity contribution in [3.63, 3.8) is 0 Å². The van der Waals surface area contributed by atoms with E-state index in [0.717, 1.165) is 28.7 Å². The number of hydrogen-bond acceptors (Lipinski definition) is 8. The molecule has 0 aliphatic heterocycles. The van der Waals surface area contributed by atoms with Crippen LogP contribution in [-0.2, 0) is 11.3 Å². The third-order valence-electron chi connectivity index (χ3n) is 5.61. The summed E-state index contributed by atoms with van der Waals surface area (Å²) in [6.45, 7) is 3.07. The number of ether oxygens (including phenoxy) is 1. The molecule has 0 saturated heterocycles. The minimum atomic E-state index is -0.561. The standard InChI is InChI=1S/C26H28N8O3/c1-3-15-34(24-22(9-6-14-28-24)25(35)37-17-29-26(36)27-2)16-18-10-12-19(13-11-18)20-7-4-5-8-21(20)23-30-32-33-31-23/h4-14H,3,15-17H2,1-2H3,(H2,27,29,36)(H,30,31,32,33). The lowest BCUT2D eigenvalue weighted by Gasteiger charge is -2.25. The highest BCUT2D eigenvalue weighted by Gasteiger charge is 2.19. The van der Waals surface area contributed by atoms with Crippen molar-refractivity contribution in [2.45, 2.75) is 19.9 Å². The van der Waals surface area contributed by atoms with E-state index in [-0.39, 0.29) is 6.73 Å². The molecule has 0 atom stereocenters. The predicted molar refractivity (Wildman–Crippen MR) is 139 cm³/mol. The number of amides is 2. The third-order valence-corrected chi connectivity index (χ3v) is 5.61. The Hall–Kier alpha value is -4.80. The van der Waals surface area contributed by atoms with Crippen LogP contribution in [0.1, 0.15) is 29.3 Å². The van der Waals surface area contributed by atoms with Crippen molar-refractivity contribution in [3.8, 4) is 22.5 Å². The zero-order valence-electron chi connectivity index (χ0n) is 20.6. The molecule has 37 heavy (non-hydrogen) atoms. The van der Waals surface area contributed by atoms with Crippen molar-refractivity contribution in [1.82, 2.24) is 36.2 Å². The van der Waals surface area contributed by atoms with E-state index in [0.29, 0.717) is 30.3 Å². The molecule has 0 fully saturated rings. The van der Waals surface area contributed by atoms with Crippen LogP contribution >= 0.6 is 0 Å². The van der Waals surface area contributed by atoms with E-state index >= 15 is 0 Å². The highest BCUT2D eigenvalue weighted by molar-refractivity contribution is 5.95. The average Bonchev–Trinajstić information content (AvgIpc) is 3.48. The summed E-state index contributed by atoms with van der Waals surface area (Å²) in [4.78, 5) is 30.6. The number of pyridine rings is 1. The van der Waals surface area contributed by atoms with Crippen LogP contribution in [0.4, 0.5) is 10.6 Å². The number of esters is 1. The maximum Gasteiger partial charge on any atom is 0.343 e. The van der Waals surface area contributed by atoms with Gasteiger partial charge in [-0.05, 0) is 40.5 Å². The average molecular weight is 501 g/mol. The summed E-state index contributed by atoms with van der Waals surface area (Å²) in [7, 11) is 1.48. The lowest BCUT2D eigenvalue weighted by molar-refractivity contribution is 0.0486. The number of tetrazole rings is 1. The van der Waals surface area contributed by atoms with Crippen LogP contribution in [0.5, 0.6) is 0 Å². The van der Waals surface area contributed by atoms with Gasteiger partial charge < -0.3 is 20.3 Å². The van der Waals surface area contributed by atoms with E-state index in [1.54, 1.807) is 18.3 Å². The molecule has 2 amide bonds. The lowest BCUT2D eigenvalue weighted by atomic mass is 9.98. The quantitative estimate of drug-likeness (QED) is 0.223. The van der Waals surface area contributed by atoms with Crippen LogP contribution in [0.2, 0.25) is 0 Å². The van der Waals surface area contributed by atoms with Gasteiger partial charge in [0, 0.05) is 31.9 Å². The van der Waals surface area contributed by atoms with Gasteiger partial charge in [-0.1, -0.05) is 55.5 Å². The second kappa shape index (κ2) is 12.2. The fraction of sp³-hybridized carbons (Fsp3) is 0.231. The molecule has 0 unspecified atom stereocenters. The molecule has 0 spiro atoms. The SMILES string of the molecule is CCCN(Cc1ccc(-c2ccccc2-c2nn[nH]n2)cc1)c1ncccc1C(=O)OCNC(=O)NC. The van der Waals surface area contributed by atoms with E-state index in [1.807, 2.05) is 29.2 Å². The molecule has 11 heteroatoms. The molecule has 2 aromatic heterocycles. The van der Waals surface area contributed by atoms with Gasteiger partial charge in [-0.25, -0.2) is 14.6 Å². The van der Waals surface area contributed by atoms with Crippen LogP contribution in [0, 0.1) is 0 Å². The van der Waals surface area contributed by atoms with Crippen molar-refractivity contribution < 1.29 is 14.3 Å². The summed E-state index contributed by atoms with van der Waals surface area (Å²) in [6.07, 6.45) is 2.51. The molecule has 190 valence electrons. The molecule has 0 aliphatic rings. The summed E-state index contributed by atoms with van der Waals surface area (Å²) in [6, 6.07) is 19.0. The summed E-state index contributed by atoms with van der Waals surface area (Å²) >= 11 is 0. The van der Waals surface area contributed by atoms with Crippen LogP contribution in [0.25, 0.3) is 22.5 Å². The molecule has 4 aromatic rings. The number of nitrogens with zero attached hydrogens (tertiary/aromatic N) is 5. The number of hydrogen-bond donors (Lipinski definition) is 3. The lowest BCUT2D eigenvalue weighted by Crippen LogP contribution is -2.35. The van der Waals surface area contributed by atoms with Gasteiger partial charge in [-0.3, -0.25) is 0 Å². The van der Waals surface area contributed by atoms with Crippen LogP contribution in [-0.4, -0.2) is 57.9 Å². The van der Waals surface area contributed by atoms with Crippen LogP contribution in [0.3, 0.4) is 0 Å². The van der Waals surface area contributed by atoms with Crippen LogP contribution in [0.15, 0.2) is 66.9 Å². The van der Waals surface area contributed by atoms with Gasteiger partial charge in [0.25, 0.3) is 0 Å². The number of anilines is 1. The maximum absolute atomic E-state index is 12.7. The zero-order chi connectivity index (χ0) is 26.0. The van der Waals surface area contributed by atoms with E-state index in [4.69, 9.17) is 4.74 Å². The van der Waals surface area contributed by atoms with E-state index in [1.165, 1.54) is 7.05 Å². The Kier molecular flexibility index (Phi) is 8.37. The first kappa shape index (κ1) is 25.3. The Morgan fingerprint density at radius 2 is 1.81 bits per heavy atom. The Morgan fingerprint density at radius 1 is 1.03 bits per heavy atom. The van der Waals surface area contributed by atoms with E-state index in [2.05, 4.69) is 67.4 Å².